The number of hydrogen-bond acceptors (Lipinski definition) is 3. The van der Waals surface area contributed by atoms with Crippen LogP contribution in [0.5, 0.6) is 0 Å². The van der Waals surface area contributed by atoms with Crippen LogP contribution in [-0.4, -0.2) is 36.7 Å². The van der Waals surface area contributed by atoms with E-state index >= 15 is 0 Å². The van der Waals surface area contributed by atoms with Gasteiger partial charge in [0.25, 0.3) is 0 Å². The van der Waals surface area contributed by atoms with Gasteiger partial charge in [0, 0.05) is 25.7 Å². The minimum atomic E-state index is 0.510. The van der Waals surface area contributed by atoms with Gasteiger partial charge in [-0.1, -0.05) is 18.2 Å². The molecule has 2 bridgehead atoms. The first-order valence-electron chi connectivity index (χ1n) is 7.06. The van der Waals surface area contributed by atoms with Crippen molar-refractivity contribution in [3.05, 3.63) is 34.9 Å². The molecule has 1 aromatic carbocycles. The molecule has 3 nitrogen and oxygen atoms in total. The summed E-state index contributed by atoms with van der Waals surface area (Å²) < 4.78 is 5.68. The van der Waals surface area contributed by atoms with E-state index in [0.29, 0.717) is 12.1 Å². The Balaban J connectivity index is 1.58. The standard InChI is InChI=1S/C15H20N2O/c1-2-11-7-16-5-4-15(11)12(3-1)8-17-9-14-6-13(17)10-18-14/h1-3,13-14,16H,4-10H2/t13-,14-/m0/s1. The third-order valence-electron chi connectivity index (χ3n) is 4.62. The number of fused-ring (bicyclic) bond motifs is 3. The Morgan fingerprint density at radius 2 is 2.39 bits per heavy atom. The molecule has 0 aromatic heterocycles. The molecule has 3 aliphatic heterocycles. The van der Waals surface area contributed by atoms with Crippen molar-refractivity contribution in [3.8, 4) is 0 Å². The summed E-state index contributed by atoms with van der Waals surface area (Å²) >= 11 is 0. The zero-order valence-corrected chi connectivity index (χ0v) is 10.7. The molecule has 0 amide bonds. The number of nitrogens with one attached hydrogen (secondary N) is 1. The van der Waals surface area contributed by atoms with Gasteiger partial charge in [0.15, 0.2) is 0 Å². The highest BCUT2D eigenvalue weighted by Gasteiger charge is 2.38. The Morgan fingerprint density at radius 3 is 3.22 bits per heavy atom. The van der Waals surface area contributed by atoms with Gasteiger partial charge in [0.2, 0.25) is 0 Å². The number of benzene rings is 1. The number of morpholine rings is 1. The number of nitrogens with zero attached hydrogens (tertiary/aromatic N) is 1. The molecular weight excluding hydrogens is 224 g/mol. The first kappa shape index (κ1) is 11.0. The fraction of sp³-hybridized carbons (Fsp3) is 0.600. The SMILES string of the molecule is c1cc2c(c(CN3C[C@@H]4C[C@H]3CO4)c1)CCNC2. The number of ether oxygens (including phenoxy) is 1. The van der Waals surface area contributed by atoms with Crippen molar-refractivity contribution in [1.82, 2.24) is 10.2 Å². The molecular formula is C15H20N2O. The lowest BCUT2D eigenvalue weighted by Gasteiger charge is -2.29. The zero-order chi connectivity index (χ0) is 11.9. The Labute approximate surface area is 108 Å². The molecule has 3 heterocycles. The van der Waals surface area contributed by atoms with E-state index in [4.69, 9.17) is 4.74 Å². The summed E-state index contributed by atoms with van der Waals surface area (Å²) in [6.07, 6.45) is 2.94. The normalized spacial score (nSPS) is 30.7. The number of likely N-dealkylation sites (tertiary alicyclic amines) is 1. The first-order valence-corrected chi connectivity index (χ1v) is 7.06. The summed E-state index contributed by atoms with van der Waals surface area (Å²) in [5.41, 5.74) is 4.64. The van der Waals surface area contributed by atoms with Gasteiger partial charge in [0.05, 0.1) is 12.7 Å². The molecule has 0 radical (unpaired) electrons. The lowest BCUT2D eigenvalue weighted by Crippen LogP contribution is -2.37. The van der Waals surface area contributed by atoms with Crippen LogP contribution in [-0.2, 0) is 24.2 Å². The average molecular weight is 244 g/mol. The highest BCUT2D eigenvalue weighted by atomic mass is 16.5. The number of hydrogen-bond donors (Lipinski definition) is 1. The van der Waals surface area contributed by atoms with Crippen molar-refractivity contribution < 1.29 is 4.74 Å². The summed E-state index contributed by atoms with van der Waals surface area (Å²) in [5, 5.41) is 3.46. The number of rotatable bonds is 2. The Kier molecular flexibility index (Phi) is 2.64. The molecule has 0 saturated carbocycles. The largest absolute Gasteiger partial charge is 0.375 e. The van der Waals surface area contributed by atoms with Crippen molar-refractivity contribution >= 4 is 0 Å². The Bertz CT molecular complexity index is 460. The Hall–Kier alpha value is -0.900. The van der Waals surface area contributed by atoms with E-state index in [1.807, 2.05) is 0 Å². The summed E-state index contributed by atoms with van der Waals surface area (Å²) in [7, 11) is 0. The maximum Gasteiger partial charge on any atom is 0.0718 e. The quantitative estimate of drug-likeness (QED) is 0.849. The fourth-order valence-corrected chi connectivity index (χ4v) is 3.65. The van der Waals surface area contributed by atoms with E-state index in [2.05, 4.69) is 28.4 Å². The predicted molar refractivity (Wildman–Crippen MR) is 70.4 cm³/mol. The molecule has 1 N–H and O–H groups in total. The monoisotopic (exact) mass is 244 g/mol. The second-order valence-corrected chi connectivity index (χ2v) is 5.76. The molecule has 2 saturated heterocycles. The topological polar surface area (TPSA) is 24.5 Å². The molecule has 0 spiro atoms. The van der Waals surface area contributed by atoms with Gasteiger partial charge < -0.3 is 10.1 Å². The molecule has 0 aliphatic carbocycles. The molecule has 2 atom stereocenters. The van der Waals surface area contributed by atoms with Crippen molar-refractivity contribution in [2.75, 3.05) is 19.7 Å². The van der Waals surface area contributed by atoms with Gasteiger partial charge in [0.1, 0.15) is 0 Å². The first-order chi connectivity index (χ1) is 8.90. The highest BCUT2D eigenvalue weighted by Crippen LogP contribution is 2.30. The van der Waals surface area contributed by atoms with Gasteiger partial charge >= 0.3 is 0 Å². The zero-order valence-electron chi connectivity index (χ0n) is 10.7. The lowest BCUT2D eigenvalue weighted by molar-refractivity contribution is 0.0272. The minimum absolute atomic E-state index is 0.510. The van der Waals surface area contributed by atoms with Crippen LogP contribution < -0.4 is 5.32 Å². The van der Waals surface area contributed by atoms with Gasteiger partial charge in [-0.25, -0.2) is 0 Å². The maximum absolute atomic E-state index is 5.68. The molecule has 96 valence electrons. The van der Waals surface area contributed by atoms with Crippen molar-refractivity contribution in [2.24, 2.45) is 0 Å². The third kappa shape index (κ3) is 1.78. The highest BCUT2D eigenvalue weighted by molar-refractivity contribution is 5.37. The van der Waals surface area contributed by atoms with E-state index in [0.717, 1.165) is 32.8 Å². The molecule has 1 aromatic rings. The predicted octanol–water partition coefficient (Wildman–Crippen LogP) is 1.31. The minimum Gasteiger partial charge on any atom is -0.375 e. The summed E-state index contributed by atoms with van der Waals surface area (Å²) in [5.74, 6) is 0. The van der Waals surface area contributed by atoms with Gasteiger partial charge in [-0.05, 0) is 36.1 Å². The van der Waals surface area contributed by atoms with Crippen LogP contribution in [0.2, 0.25) is 0 Å². The maximum atomic E-state index is 5.68. The van der Waals surface area contributed by atoms with Crippen LogP contribution in [0.4, 0.5) is 0 Å². The summed E-state index contributed by atoms with van der Waals surface area (Å²) in [6, 6.07) is 7.47. The van der Waals surface area contributed by atoms with Crippen LogP contribution in [0, 0.1) is 0 Å². The van der Waals surface area contributed by atoms with Gasteiger partial charge in [-0.3, -0.25) is 4.90 Å². The van der Waals surface area contributed by atoms with E-state index in [1.165, 1.54) is 18.4 Å². The second-order valence-electron chi connectivity index (χ2n) is 5.76. The Morgan fingerprint density at radius 1 is 1.39 bits per heavy atom. The molecule has 18 heavy (non-hydrogen) atoms. The summed E-state index contributed by atoms with van der Waals surface area (Å²) in [6.45, 7) is 5.36. The van der Waals surface area contributed by atoms with E-state index in [1.54, 1.807) is 11.1 Å². The molecule has 4 rings (SSSR count). The van der Waals surface area contributed by atoms with E-state index < -0.39 is 0 Å². The van der Waals surface area contributed by atoms with E-state index in [9.17, 15) is 0 Å². The van der Waals surface area contributed by atoms with Crippen molar-refractivity contribution in [1.29, 1.82) is 0 Å². The van der Waals surface area contributed by atoms with Crippen molar-refractivity contribution in [3.63, 3.8) is 0 Å². The third-order valence-corrected chi connectivity index (χ3v) is 4.62. The molecule has 3 aliphatic rings. The van der Waals surface area contributed by atoms with Gasteiger partial charge in [-0.15, -0.1) is 0 Å². The van der Waals surface area contributed by atoms with Crippen LogP contribution in [0.15, 0.2) is 18.2 Å². The fourth-order valence-electron chi connectivity index (χ4n) is 3.65. The second kappa shape index (κ2) is 4.34. The van der Waals surface area contributed by atoms with Crippen LogP contribution in [0.1, 0.15) is 23.1 Å². The molecule has 0 unspecified atom stereocenters. The van der Waals surface area contributed by atoms with Crippen molar-refractivity contribution in [2.45, 2.75) is 38.1 Å². The van der Waals surface area contributed by atoms with Crippen LogP contribution >= 0.6 is 0 Å². The van der Waals surface area contributed by atoms with E-state index in [-0.39, 0.29) is 0 Å². The smallest absolute Gasteiger partial charge is 0.0718 e. The molecule has 2 fully saturated rings. The van der Waals surface area contributed by atoms with Crippen LogP contribution in [0.3, 0.4) is 0 Å². The lowest BCUT2D eigenvalue weighted by atomic mass is 9.95. The molecule has 3 heteroatoms. The van der Waals surface area contributed by atoms with Gasteiger partial charge in [-0.2, -0.15) is 0 Å². The average Bonchev–Trinajstić information content (AvgIpc) is 3.01. The summed E-state index contributed by atoms with van der Waals surface area (Å²) in [4.78, 5) is 2.62. The van der Waals surface area contributed by atoms with Crippen LogP contribution in [0.25, 0.3) is 0 Å².